The Kier molecular flexibility index (Phi) is 9.24. The molecule has 0 fully saturated rings. The fraction of sp³-hybridized carbons (Fsp3) is 0.833. The fourth-order valence-electron chi connectivity index (χ4n) is 3.78. The lowest BCUT2D eigenvalue weighted by molar-refractivity contribution is -0.136. The van der Waals surface area contributed by atoms with Gasteiger partial charge in [0.1, 0.15) is 0 Å². The molecule has 0 aliphatic rings. The van der Waals surface area contributed by atoms with Gasteiger partial charge in [-0.05, 0) is 43.3 Å². The van der Waals surface area contributed by atoms with Crippen LogP contribution in [0.25, 0.3) is 0 Å². The third-order valence-corrected chi connectivity index (χ3v) is 10.8. The van der Waals surface area contributed by atoms with Crippen LogP contribution < -0.4 is 0 Å². The van der Waals surface area contributed by atoms with Gasteiger partial charge in [0.2, 0.25) is 8.32 Å². The summed E-state index contributed by atoms with van der Waals surface area (Å²) in [6, 6.07) is 0. The Morgan fingerprint density at radius 3 is 1.86 bits per heavy atom. The average Bonchev–Trinajstić information content (AvgIpc) is 2.33. The second-order valence-electron chi connectivity index (χ2n) is 7.43. The molecule has 1 atom stereocenters. The minimum atomic E-state index is -1.83. The van der Waals surface area contributed by atoms with Crippen molar-refractivity contribution in [2.45, 2.75) is 97.4 Å². The van der Waals surface area contributed by atoms with Crippen molar-refractivity contribution in [1.82, 2.24) is 0 Å². The van der Waals surface area contributed by atoms with E-state index in [1.54, 1.807) is 0 Å². The summed E-state index contributed by atoms with van der Waals surface area (Å²) in [7, 11) is -1.83. The Balaban J connectivity index is 4.84. The molecule has 4 heteroatoms. The molecule has 0 rings (SSSR count). The third kappa shape index (κ3) is 6.25. The molecular weight excluding hydrogens is 292 g/mol. The van der Waals surface area contributed by atoms with E-state index in [4.69, 9.17) is 9.53 Å². The van der Waals surface area contributed by atoms with E-state index in [0.717, 1.165) is 6.42 Å². The molecule has 0 unspecified atom stereocenters. The van der Waals surface area contributed by atoms with Gasteiger partial charge in [-0.15, -0.1) is 0 Å². The largest absolute Gasteiger partial charge is 0.481 e. The molecule has 0 heterocycles. The third-order valence-electron chi connectivity index (χ3n) is 4.57. The molecule has 130 valence electrons. The SMILES string of the molecule is CC(=CCCC(=O)O)C[C@H](C)O[Si](C(C)C)(C(C)C)C(C)C. The first-order chi connectivity index (χ1) is 10.0. The number of rotatable bonds is 10. The molecule has 0 radical (unpaired) electrons. The van der Waals surface area contributed by atoms with Crippen LogP contribution in [0.3, 0.4) is 0 Å². The van der Waals surface area contributed by atoms with Crippen LogP contribution in [0.15, 0.2) is 11.6 Å². The summed E-state index contributed by atoms with van der Waals surface area (Å²) in [5.74, 6) is -0.737. The molecule has 0 saturated heterocycles. The molecule has 0 saturated carbocycles. The van der Waals surface area contributed by atoms with Crippen molar-refractivity contribution in [3.63, 3.8) is 0 Å². The Hall–Kier alpha value is -0.613. The van der Waals surface area contributed by atoms with E-state index in [2.05, 4.69) is 55.4 Å². The number of carboxylic acid groups (broad SMARTS) is 1. The van der Waals surface area contributed by atoms with Crippen LogP contribution in [0.4, 0.5) is 0 Å². The molecule has 3 nitrogen and oxygen atoms in total. The molecule has 1 N–H and O–H groups in total. The maximum Gasteiger partial charge on any atom is 0.303 e. The lowest BCUT2D eigenvalue weighted by Crippen LogP contribution is -2.49. The van der Waals surface area contributed by atoms with Crippen molar-refractivity contribution < 1.29 is 14.3 Å². The highest BCUT2D eigenvalue weighted by Crippen LogP contribution is 2.43. The molecule has 0 aromatic carbocycles. The fourth-order valence-corrected chi connectivity index (χ4v) is 9.37. The second kappa shape index (κ2) is 9.51. The normalized spacial score (nSPS) is 15.0. The van der Waals surface area contributed by atoms with E-state index < -0.39 is 14.3 Å². The van der Waals surface area contributed by atoms with E-state index in [-0.39, 0.29) is 12.5 Å². The molecular formula is C18H36O3Si. The summed E-state index contributed by atoms with van der Waals surface area (Å²) in [5.41, 5.74) is 3.00. The van der Waals surface area contributed by atoms with Gasteiger partial charge >= 0.3 is 5.97 Å². The van der Waals surface area contributed by atoms with Crippen molar-refractivity contribution in [3.8, 4) is 0 Å². The van der Waals surface area contributed by atoms with Crippen molar-refractivity contribution in [2.75, 3.05) is 0 Å². The first-order valence-electron chi connectivity index (χ1n) is 8.59. The van der Waals surface area contributed by atoms with Crippen LogP contribution in [0, 0.1) is 0 Å². The van der Waals surface area contributed by atoms with Crippen LogP contribution in [0.2, 0.25) is 16.6 Å². The summed E-state index contributed by atoms with van der Waals surface area (Å²) in [5, 5.41) is 8.70. The van der Waals surface area contributed by atoms with E-state index >= 15 is 0 Å². The highest BCUT2D eigenvalue weighted by atomic mass is 28.4. The molecule has 0 aromatic rings. The van der Waals surface area contributed by atoms with Gasteiger partial charge < -0.3 is 9.53 Å². The molecule has 0 bridgehead atoms. The van der Waals surface area contributed by atoms with E-state index in [0.29, 0.717) is 23.0 Å². The lowest BCUT2D eigenvalue weighted by Gasteiger charge is -2.44. The molecule has 0 amide bonds. The first kappa shape index (κ1) is 21.4. The predicted molar refractivity (Wildman–Crippen MR) is 96.8 cm³/mol. The highest BCUT2D eigenvalue weighted by Gasteiger charge is 2.45. The Labute approximate surface area is 138 Å². The summed E-state index contributed by atoms with van der Waals surface area (Å²) in [6.45, 7) is 18.0. The number of hydrogen-bond donors (Lipinski definition) is 1. The molecule has 22 heavy (non-hydrogen) atoms. The predicted octanol–water partition coefficient (Wildman–Crippen LogP) is 5.77. The highest BCUT2D eigenvalue weighted by molar-refractivity contribution is 6.77. The maximum atomic E-state index is 10.6. The van der Waals surface area contributed by atoms with Crippen LogP contribution >= 0.6 is 0 Å². The van der Waals surface area contributed by atoms with E-state index in [9.17, 15) is 4.79 Å². The quantitative estimate of drug-likeness (QED) is 0.409. The minimum absolute atomic E-state index is 0.194. The standard InChI is InChI=1S/C18H36O3Si/c1-13(2)22(14(3)4,15(5)6)21-17(8)12-16(7)10-9-11-18(19)20/h10,13-15,17H,9,11-12H2,1-8H3,(H,19,20)/t17-/m0/s1. The van der Waals surface area contributed by atoms with Gasteiger partial charge in [-0.1, -0.05) is 53.2 Å². The van der Waals surface area contributed by atoms with Gasteiger partial charge in [0.05, 0.1) is 0 Å². The molecule has 0 aromatic heterocycles. The zero-order valence-electron chi connectivity index (χ0n) is 15.8. The zero-order valence-corrected chi connectivity index (χ0v) is 16.8. The van der Waals surface area contributed by atoms with Crippen LogP contribution in [-0.2, 0) is 9.22 Å². The summed E-state index contributed by atoms with van der Waals surface area (Å²) >= 11 is 0. The van der Waals surface area contributed by atoms with Gasteiger partial charge in [0.25, 0.3) is 0 Å². The zero-order chi connectivity index (χ0) is 17.5. The number of carbonyl (C=O) groups is 1. The van der Waals surface area contributed by atoms with Crippen LogP contribution in [0.5, 0.6) is 0 Å². The van der Waals surface area contributed by atoms with Crippen molar-refractivity contribution in [3.05, 3.63) is 11.6 Å². The average molecular weight is 329 g/mol. The van der Waals surface area contributed by atoms with Crippen molar-refractivity contribution >= 4 is 14.3 Å². The van der Waals surface area contributed by atoms with Gasteiger partial charge in [-0.3, -0.25) is 4.79 Å². The molecule has 0 aliphatic carbocycles. The molecule has 0 aliphatic heterocycles. The Morgan fingerprint density at radius 2 is 1.50 bits per heavy atom. The lowest BCUT2D eigenvalue weighted by atomic mass is 10.1. The first-order valence-corrected chi connectivity index (χ1v) is 10.7. The van der Waals surface area contributed by atoms with Crippen molar-refractivity contribution in [2.24, 2.45) is 0 Å². The van der Waals surface area contributed by atoms with E-state index in [1.165, 1.54) is 5.57 Å². The second-order valence-corrected chi connectivity index (χ2v) is 12.8. The van der Waals surface area contributed by atoms with Gasteiger partial charge in [-0.25, -0.2) is 0 Å². The van der Waals surface area contributed by atoms with Crippen LogP contribution in [0.1, 0.15) is 74.7 Å². The summed E-state index contributed by atoms with van der Waals surface area (Å²) in [4.78, 5) is 10.6. The number of carboxylic acids is 1. The number of aliphatic carboxylic acids is 1. The van der Waals surface area contributed by atoms with Crippen molar-refractivity contribution in [1.29, 1.82) is 0 Å². The Morgan fingerprint density at radius 1 is 1.05 bits per heavy atom. The monoisotopic (exact) mass is 328 g/mol. The minimum Gasteiger partial charge on any atom is -0.481 e. The summed E-state index contributed by atoms with van der Waals surface area (Å²) < 4.78 is 6.70. The van der Waals surface area contributed by atoms with Gasteiger partial charge in [0.15, 0.2) is 0 Å². The Bertz CT molecular complexity index is 351. The maximum absolute atomic E-state index is 10.6. The van der Waals surface area contributed by atoms with Gasteiger partial charge in [0, 0.05) is 12.5 Å². The summed E-state index contributed by atoms with van der Waals surface area (Å²) in [6.07, 6.45) is 3.93. The van der Waals surface area contributed by atoms with Gasteiger partial charge in [-0.2, -0.15) is 0 Å². The van der Waals surface area contributed by atoms with E-state index in [1.807, 2.05) is 6.08 Å². The van der Waals surface area contributed by atoms with Crippen LogP contribution in [-0.4, -0.2) is 25.5 Å². The topological polar surface area (TPSA) is 46.5 Å². The molecule has 0 spiro atoms. The number of allylic oxidation sites excluding steroid dienone is 1. The number of hydrogen-bond acceptors (Lipinski definition) is 2. The smallest absolute Gasteiger partial charge is 0.303 e.